The lowest BCUT2D eigenvalue weighted by molar-refractivity contribution is 0.208. The number of nitrogens with zero attached hydrogens (tertiary/aromatic N) is 2. The van der Waals surface area contributed by atoms with Crippen LogP contribution in [0.4, 0.5) is 11.4 Å². The largest absolute Gasteiger partial charge is 0.399 e. The Balaban J connectivity index is 1.61. The number of likely N-dealkylation sites (tertiary alicyclic amines) is 1. The monoisotopic (exact) mass is 259 g/mol. The van der Waals surface area contributed by atoms with E-state index in [4.69, 9.17) is 5.73 Å². The van der Waals surface area contributed by atoms with Gasteiger partial charge in [-0.15, -0.1) is 0 Å². The van der Waals surface area contributed by atoms with Gasteiger partial charge < -0.3 is 15.5 Å². The molecule has 1 aromatic carbocycles. The van der Waals surface area contributed by atoms with Gasteiger partial charge in [-0.1, -0.05) is 0 Å². The van der Waals surface area contributed by atoms with Crippen LogP contribution in [0.1, 0.15) is 31.2 Å². The molecule has 0 bridgehead atoms. The van der Waals surface area contributed by atoms with Gasteiger partial charge in [0, 0.05) is 30.5 Å². The van der Waals surface area contributed by atoms with E-state index in [0.29, 0.717) is 0 Å². The molecule has 2 fully saturated rings. The van der Waals surface area contributed by atoms with Gasteiger partial charge in [-0.2, -0.15) is 0 Å². The van der Waals surface area contributed by atoms with E-state index in [0.717, 1.165) is 11.7 Å². The third-order valence-corrected chi connectivity index (χ3v) is 4.74. The molecule has 2 heterocycles. The lowest BCUT2D eigenvalue weighted by atomic mass is 10.0. The first-order valence-electron chi connectivity index (χ1n) is 7.59. The molecule has 0 unspecified atom stereocenters. The molecular formula is C16H25N3. The second-order valence-corrected chi connectivity index (χ2v) is 6.00. The maximum atomic E-state index is 5.90. The Labute approximate surface area is 116 Å². The summed E-state index contributed by atoms with van der Waals surface area (Å²) in [6, 6.07) is 7.26. The van der Waals surface area contributed by atoms with Crippen LogP contribution in [0.2, 0.25) is 0 Å². The minimum atomic E-state index is 0.827. The number of aryl methyl sites for hydroxylation is 1. The van der Waals surface area contributed by atoms with Crippen LogP contribution in [0.5, 0.6) is 0 Å². The topological polar surface area (TPSA) is 32.5 Å². The predicted octanol–water partition coefficient (Wildman–Crippen LogP) is 2.64. The molecule has 1 aromatic rings. The van der Waals surface area contributed by atoms with E-state index < -0.39 is 0 Å². The summed E-state index contributed by atoms with van der Waals surface area (Å²) in [6.45, 7) is 7.11. The number of hydrogen-bond acceptors (Lipinski definition) is 3. The molecule has 0 saturated carbocycles. The lowest BCUT2D eigenvalue weighted by Gasteiger charge is -2.38. The predicted molar refractivity (Wildman–Crippen MR) is 81.6 cm³/mol. The third kappa shape index (κ3) is 2.71. The third-order valence-electron chi connectivity index (χ3n) is 4.74. The van der Waals surface area contributed by atoms with Crippen molar-refractivity contribution < 1.29 is 0 Å². The maximum Gasteiger partial charge on any atom is 0.0370 e. The summed E-state index contributed by atoms with van der Waals surface area (Å²) < 4.78 is 0. The van der Waals surface area contributed by atoms with Crippen LogP contribution in [-0.2, 0) is 0 Å². The second-order valence-electron chi connectivity index (χ2n) is 6.00. The van der Waals surface area contributed by atoms with E-state index in [2.05, 4.69) is 28.9 Å². The van der Waals surface area contributed by atoms with Gasteiger partial charge >= 0.3 is 0 Å². The van der Waals surface area contributed by atoms with Crippen LogP contribution in [0.15, 0.2) is 18.2 Å². The summed E-state index contributed by atoms with van der Waals surface area (Å²) >= 11 is 0. The van der Waals surface area contributed by atoms with Crippen molar-refractivity contribution in [3.8, 4) is 0 Å². The van der Waals surface area contributed by atoms with Crippen molar-refractivity contribution in [2.24, 2.45) is 0 Å². The number of nitrogens with two attached hydrogens (primary N) is 1. The van der Waals surface area contributed by atoms with Gasteiger partial charge in [-0.3, -0.25) is 0 Å². The molecule has 0 spiro atoms. The molecule has 0 atom stereocenters. The maximum absolute atomic E-state index is 5.90. The van der Waals surface area contributed by atoms with Gasteiger partial charge in [0.1, 0.15) is 0 Å². The van der Waals surface area contributed by atoms with Crippen molar-refractivity contribution >= 4 is 11.4 Å². The number of hydrogen-bond donors (Lipinski definition) is 1. The molecule has 3 nitrogen and oxygen atoms in total. The van der Waals surface area contributed by atoms with Crippen LogP contribution in [0.25, 0.3) is 0 Å². The summed E-state index contributed by atoms with van der Waals surface area (Å²) in [6.07, 6.45) is 5.42. The van der Waals surface area contributed by atoms with Gasteiger partial charge in [0.25, 0.3) is 0 Å². The van der Waals surface area contributed by atoms with Gasteiger partial charge in [-0.25, -0.2) is 0 Å². The summed E-state index contributed by atoms with van der Waals surface area (Å²) in [7, 11) is 0. The Kier molecular flexibility index (Phi) is 3.65. The lowest BCUT2D eigenvalue weighted by Crippen LogP contribution is -2.43. The average molecular weight is 259 g/mol. The zero-order chi connectivity index (χ0) is 13.2. The summed E-state index contributed by atoms with van der Waals surface area (Å²) in [5.74, 6) is 0. The zero-order valence-electron chi connectivity index (χ0n) is 11.9. The molecule has 0 aliphatic carbocycles. The molecular weight excluding hydrogens is 234 g/mol. The first-order valence-corrected chi connectivity index (χ1v) is 7.59. The smallest absolute Gasteiger partial charge is 0.0370 e. The van der Waals surface area contributed by atoms with Gasteiger partial charge in [-0.05, 0) is 69.5 Å². The fourth-order valence-electron chi connectivity index (χ4n) is 3.45. The highest BCUT2D eigenvalue weighted by Gasteiger charge is 2.26. The van der Waals surface area contributed by atoms with Crippen molar-refractivity contribution in [2.45, 2.75) is 38.6 Å². The first kappa shape index (κ1) is 12.8. The van der Waals surface area contributed by atoms with Crippen molar-refractivity contribution in [1.29, 1.82) is 0 Å². The minimum absolute atomic E-state index is 0.827. The van der Waals surface area contributed by atoms with E-state index >= 15 is 0 Å². The quantitative estimate of drug-likeness (QED) is 0.829. The molecule has 3 heteroatoms. The van der Waals surface area contributed by atoms with Crippen molar-refractivity contribution in [3.63, 3.8) is 0 Å². The number of benzene rings is 1. The van der Waals surface area contributed by atoms with E-state index in [1.165, 1.54) is 63.1 Å². The highest BCUT2D eigenvalue weighted by atomic mass is 15.2. The molecule has 0 radical (unpaired) electrons. The Morgan fingerprint density at radius 1 is 1.05 bits per heavy atom. The Hall–Kier alpha value is -1.22. The van der Waals surface area contributed by atoms with Crippen LogP contribution in [0.3, 0.4) is 0 Å². The molecule has 19 heavy (non-hydrogen) atoms. The SMILES string of the molecule is Cc1cc(N2CCC(N3CCCC3)CC2)ccc1N. The van der Waals surface area contributed by atoms with Gasteiger partial charge in [0.05, 0.1) is 0 Å². The van der Waals surface area contributed by atoms with Crippen LogP contribution >= 0.6 is 0 Å². The molecule has 2 aliphatic rings. The molecule has 0 amide bonds. The van der Waals surface area contributed by atoms with E-state index in [1.54, 1.807) is 0 Å². The average Bonchev–Trinajstić information content (AvgIpc) is 2.96. The molecule has 2 aliphatic heterocycles. The number of rotatable bonds is 2. The highest BCUT2D eigenvalue weighted by molar-refractivity contribution is 5.58. The molecule has 2 N–H and O–H groups in total. The molecule has 0 aromatic heterocycles. The molecule has 2 saturated heterocycles. The fourth-order valence-corrected chi connectivity index (χ4v) is 3.45. The minimum Gasteiger partial charge on any atom is -0.399 e. The van der Waals surface area contributed by atoms with Crippen molar-refractivity contribution in [2.75, 3.05) is 36.8 Å². The Morgan fingerprint density at radius 2 is 1.74 bits per heavy atom. The van der Waals surface area contributed by atoms with Crippen LogP contribution < -0.4 is 10.6 Å². The van der Waals surface area contributed by atoms with Crippen LogP contribution in [-0.4, -0.2) is 37.1 Å². The first-order chi connectivity index (χ1) is 9.24. The highest BCUT2D eigenvalue weighted by Crippen LogP contribution is 2.26. The number of anilines is 2. The van der Waals surface area contributed by atoms with E-state index in [9.17, 15) is 0 Å². The van der Waals surface area contributed by atoms with Gasteiger partial charge in [0.15, 0.2) is 0 Å². The second kappa shape index (κ2) is 5.41. The molecule has 104 valence electrons. The summed E-state index contributed by atoms with van der Waals surface area (Å²) in [4.78, 5) is 5.21. The van der Waals surface area contributed by atoms with Crippen molar-refractivity contribution in [1.82, 2.24) is 4.90 Å². The Morgan fingerprint density at radius 3 is 2.37 bits per heavy atom. The summed E-state index contributed by atoms with van der Waals surface area (Å²) in [5.41, 5.74) is 9.33. The standard InChI is InChI=1S/C16H25N3/c1-13-12-15(4-5-16(13)17)19-10-6-14(7-11-19)18-8-2-3-9-18/h4-5,12,14H,2-3,6-11,17H2,1H3. The van der Waals surface area contributed by atoms with Gasteiger partial charge in [0.2, 0.25) is 0 Å². The normalized spacial score (nSPS) is 22.1. The fraction of sp³-hybridized carbons (Fsp3) is 0.625. The van der Waals surface area contributed by atoms with E-state index in [-0.39, 0.29) is 0 Å². The van der Waals surface area contributed by atoms with Crippen LogP contribution in [0, 0.1) is 6.92 Å². The molecule has 3 rings (SSSR count). The van der Waals surface area contributed by atoms with E-state index in [1.807, 2.05) is 6.07 Å². The number of nitrogen functional groups attached to an aromatic ring is 1. The Bertz CT molecular complexity index is 430. The number of piperidine rings is 1. The van der Waals surface area contributed by atoms with Crippen molar-refractivity contribution in [3.05, 3.63) is 23.8 Å². The zero-order valence-corrected chi connectivity index (χ0v) is 11.9. The summed E-state index contributed by atoms with van der Waals surface area (Å²) in [5, 5.41) is 0.